The average molecular weight is 470 g/mol. The van der Waals surface area contributed by atoms with Crippen LogP contribution in [-0.2, 0) is 14.3 Å². The van der Waals surface area contributed by atoms with Gasteiger partial charge < -0.3 is 34.1 Å². The number of ether oxygens (including phenoxy) is 4. The molecular formula is C25H31N3O6. The number of amides is 1. The van der Waals surface area contributed by atoms with Gasteiger partial charge in [-0.1, -0.05) is 6.07 Å². The summed E-state index contributed by atoms with van der Waals surface area (Å²) in [5.41, 5.74) is 3.17. The molecule has 0 unspecified atom stereocenters. The van der Waals surface area contributed by atoms with Crippen LogP contribution >= 0.6 is 0 Å². The molecule has 1 fully saturated rings. The zero-order valence-electron chi connectivity index (χ0n) is 19.9. The van der Waals surface area contributed by atoms with Crippen molar-refractivity contribution in [2.24, 2.45) is 0 Å². The number of nitrogens with zero attached hydrogens (tertiary/aromatic N) is 2. The summed E-state index contributed by atoms with van der Waals surface area (Å²) in [6, 6.07) is 9.24. The van der Waals surface area contributed by atoms with Crippen molar-refractivity contribution < 1.29 is 28.5 Å². The first-order valence-electron chi connectivity index (χ1n) is 11.6. The number of carbonyl (C=O) groups is 2. The van der Waals surface area contributed by atoms with Crippen molar-refractivity contribution in [2.75, 3.05) is 67.7 Å². The summed E-state index contributed by atoms with van der Waals surface area (Å²) in [6.45, 7) is 9.50. The summed E-state index contributed by atoms with van der Waals surface area (Å²) >= 11 is 0. The largest absolute Gasteiger partial charge is 0.492 e. The number of fused-ring (bicyclic) bond motifs is 1. The highest BCUT2D eigenvalue weighted by molar-refractivity contribution is 5.98. The lowest BCUT2D eigenvalue weighted by molar-refractivity contribution is -0.133. The summed E-state index contributed by atoms with van der Waals surface area (Å²) in [4.78, 5) is 29.0. The number of hydrogen-bond donors (Lipinski definition) is 1. The Balaban J connectivity index is 1.58. The number of esters is 1. The Bertz CT molecular complexity index is 1050. The van der Waals surface area contributed by atoms with E-state index in [4.69, 9.17) is 18.9 Å². The molecule has 182 valence electrons. The molecule has 0 bridgehead atoms. The molecule has 2 heterocycles. The van der Waals surface area contributed by atoms with Crippen molar-refractivity contribution >= 4 is 28.9 Å². The molecule has 34 heavy (non-hydrogen) atoms. The first kappa shape index (κ1) is 23.7. The molecule has 0 aliphatic carbocycles. The summed E-state index contributed by atoms with van der Waals surface area (Å²) < 4.78 is 22.6. The first-order chi connectivity index (χ1) is 16.5. The minimum atomic E-state index is -0.396. The fourth-order valence-corrected chi connectivity index (χ4v) is 4.11. The molecule has 9 heteroatoms. The van der Waals surface area contributed by atoms with Crippen LogP contribution < -0.4 is 29.3 Å². The van der Waals surface area contributed by atoms with Gasteiger partial charge in [0.25, 0.3) is 0 Å². The molecule has 0 atom stereocenters. The van der Waals surface area contributed by atoms with Gasteiger partial charge in [0.05, 0.1) is 50.0 Å². The Labute approximate surface area is 199 Å². The van der Waals surface area contributed by atoms with Crippen molar-refractivity contribution in [3.63, 3.8) is 0 Å². The predicted octanol–water partition coefficient (Wildman–Crippen LogP) is 2.99. The Morgan fingerprint density at radius 2 is 1.76 bits per heavy atom. The SMILES string of the molecule is CCOc1cc(N2CCOCC2)c(OCC)cc1NC(=O)CN1CC(=O)Oc2ccc(C)cc21. The van der Waals surface area contributed by atoms with Gasteiger partial charge in [-0.25, -0.2) is 4.79 Å². The van der Waals surface area contributed by atoms with Gasteiger partial charge in [0.15, 0.2) is 5.75 Å². The average Bonchev–Trinajstić information content (AvgIpc) is 2.82. The topological polar surface area (TPSA) is 89.6 Å². The van der Waals surface area contributed by atoms with E-state index < -0.39 is 5.97 Å². The molecule has 0 spiro atoms. The number of aryl methyl sites for hydroxylation is 1. The van der Waals surface area contributed by atoms with E-state index in [0.717, 1.165) is 30.0 Å². The van der Waals surface area contributed by atoms with E-state index in [1.165, 1.54) is 0 Å². The Morgan fingerprint density at radius 1 is 1.03 bits per heavy atom. The molecule has 2 aromatic rings. The zero-order chi connectivity index (χ0) is 24.1. The van der Waals surface area contributed by atoms with Crippen molar-refractivity contribution in [2.45, 2.75) is 20.8 Å². The van der Waals surface area contributed by atoms with Crippen LogP contribution in [0.25, 0.3) is 0 Å². The van der Waals surface area contributed by atoms with Gasteiger partial charge in [0, 0.05) is 25.2 Å². The number of hydrogen-bond acceptors (Lipinski definition) is 8. The number of anilines is 3. The van der Waals surface area contributed by atoms with E-state index in [9.17, 15) is 9.59 Å². The second kappa shape index (κ2) is 10.6. The zero-order valence-corrected chi connectivity index (χ0v) is 19.9. The van der Waals surface area contributed by atoms with Crippen LogP contribution in [0.1, 0.15) is 19.4 Å². The minimum absolute atomic E-state index is 0.00234. The van der Waals surface area contributed by atoms with E-state index in [2.05, 4.69) is 10.2 Å². The summed E-state index contributed by atoms with van der Waals surface area (Å²) in [6.07, 6.45) is 0. The smallest absolute Gasteiger partial charge is 0.331 e. The van der Waals surface area contributed by atoms with Gasteiger partial charge in [-0.3, -0.25) is 4.79 Å². The Hall–Kier alpha value is -3.46. The van der Waals surface area contributed by atoms with Crippen LogP contribution in [0.5, 0.6) is 17.2 Å². The second-order valence-corrected chi connectivity index (χ2v) is 8.13. The van der Waals surface area contributed by atoms with Crippen molar-refractivity contribution in [3.8, 4) is 17.2 Å². The van der Waals surface area contributed by atoms with Gasteiger partial charge in [0.2, 0.25) is 5.91 Å². The van der Waals surface area contributed by atoms with Crippen molar-refractivity contribution in [3.05, 3.63) is 35.9 Å². The highest BCUT2D eigenvalue weighted by atomic mass is 16.5. The van der Waals surface area contributed by atoms with Crippen LogP contribution in [0.4, 0.5) is 17.1 Å². The van der Waals surface area contributed by atoms with Crippen molar-refractivity contribution in [1.29, 1.82) is 0 Å². The van der Waals surface area contributed by atoms with E-state index in [-0.39, 0.29) is 19.0 Å². The van der Waals surface area contributed by atoms with Crippen LogP contribution in [0.15, 0.2) is 30.3 Å². The van der Waals surface area contributed by atoms with Crippen LogP contribution in [-0.4, -0.2) is 64.5 Å². The normalized spacial score (nSPS) is 15.4. The number of benzene rings is 2. The number of carbonyl (C=O) groups excluding carboxylic acids is 2. The van der Waals surface area contributed by atoms with Gasteiger partial charge in [-0.05, 0) is 38.5 Å². The maximum atomic E-state index is 13.1. The predicted molar refractivity (Wildman–Crippen MR) is 129 cm³/mol. The Morgan fingerprint density at radius 3 is 2.50 bits per heavy atom. The maximum absolute atomic E-state index is 13.1. The minimum Gasteiger partial charge on any atom is -0.492 e. The maximum Gasteiger partial charge on any atom is 0.331 e. The molecule has 0 radical (unpaired) electrons. The molecular weight excluding hydrogens is 438 g/mol. The van der Waals surface area contributed by atoms with E-state index >= 15 is 0 Å². The summed E-state index contributed by atoms with van der Waals surface area (Å²) in [5.74, 6) is 1.02. The summed E-state index contributed by atoms with van der Waals surface area (Å²) in [7, 11) is 0. The van der Waals surface area contributed by atoms with E-state index in [1.54, 1.807) is 17.0 Å². The lowest BCUT2D eigenvalue weighted by Gasteiger charge is -2.31. The Kier molecular flexibility index (Phi) is 7.42. The molecule has 0 aromatic heterocycles. The number of nitrogens with one attached hydrogen (secondary N) is 1. The lowest BCUT2D eigenvalue weighted by Crippen LogP contribution is -2.41. The molecule has 2 aliphatic heterocycles. The summed E-state index contributed by atoms with van der Waals surface area (Å²) in [5, 5.41) is 2.95. The third-order valence-corrected chi connectivity index (χ3v) is 5.62. The van der Waals surface area contributed by atoms with Crippen LogP contribution in [0, 0.1) is 6.92 Å². The fraction of sp³-hybridized carbons (Fsp3) is 0.440. The molecule has 2 aromatic carbocycles. The number of rotatable bonds is 8. The van der Waals surface area contributed by atoms with Gasteiger partial charge >= 0.3 is 5.97 Å². The van der Waals surface area contributed by atoms with Gasteiger partial charge in [-0.2, -0.15) is 0 Å². The van der Waals surface area contributed by atoms with Crippen molar-refractivity contribution in [1.82, 2.24) is 0 Å². The number of morpholine rings is 1. The third kappa shape index (κ3) is 5.36. The van der Waals surface area contributed by atoms with Crippen LogP contribution in [0.2, 0.25) is 0 Å². The molecule has 9 nitrogen and oxygen atoms in total. The highest BCUT2D eigenvalue weighted by Crippen LogP contribution is 2.39. The van der Waals surface area contributed by atoms with E-state index in [1.807, 2.05) is 39.0 Å². The molecule has 1 amide bonds. The monoisotopic (exact) mass is 469 g/mol. The molecule has 1 saturated heterocycles. The quantitative estimate of drug-likeness (QED) is 0.466. The highest BCUT2D eigenvalue weighted by Gasteiger charge is 2.27. The standard InChI is InChI=1S/C25H31N3O6/c1-4-32-22-14-20(27-8-10-31-11-9-27)23(33-5-2)13-18(22)26-24(29)15-28-16-25(30)34-21-7-6-17(3)12-19(21)28/h6-7,12-14H,4-5,8-11,15-16H2,1-3H3,(H,26,29). The van der Waals surface area contributed by atoms with Gasteiger partial charge in [0.1, 0.15) is 18.0 Å². The van der Waals surface area contributed by atoms with Crippen LogP contribution in [0.3, 0.4) is 0 Å². The molecule has 2 aliphatic rings. The fourth-order valence-electron chi connectivity index (χ4n) is 4.11. The van der Waals surface area contributed by atoms with E-state index in [0.29, 0.717) is 49.4 Å². The lowest BCUT2D eigenvalue weighted by atomic mass is 10.1. The first-order valence-corrected chi connectivity index (χ1v) is 11.6. The second-order valence-electron chi connectivity index (χ2n) is 8.13. The third-order valence-electron chi connectivity index (χ3n) is 5.62. The molecule has 1 N–H and O–H groups in total. The molecule has 4 rings (SSSR count). The molecule has 0 saturated carbocycles. The van der Waals surface area contributed by atoms with Gasteiger partial charge in [-0.15, -0.1) is 0 Å².